The number of likely N-dealkylation sites (N-methyl/N-ethyl adjacent to an activating group) is 1. The number of rotatable bonds is 6. The highest BCUT2D eigenvalue weighted by molar-refractivity contribution is 5.95. The van der Waals surface area contributed by atoms with Crippen molar-refractivity contribution in [1.82, 2.24) is 9.80 Å². The molecule has 27 heavy (non-hydrogen) atoms. The summed E-state index contributed by atoms with van der Waals surface area (Å²) in [6, 6.07) is 5.26. The lowest BCUT2D eigenvalue weighted by molar-refractivity contribution is -0.131. The van der Waals surface area contributed by atoms with Crippen LogP contribution in [-0.2, 0) is 4.79 Å². The SMILES string of the molecule is CN(C)C(=O)c1ccc2c(c1)N(C)[C@@H](CC(=O)N(C)CCC(C)(C)O)CO2. The average molecular weight is 377 g/mol. The maximum absolute atomic E-state index is 12.6. The van der Waals surface area contributed by atoms with Crippen LogP contribution >= 0.6 is 0 Å². The van der Waals surface area contributed by atoms with Gasteiger partial charge in [-0.1, -0.05) is 0 Å². The van der Waals surface area contributed by atoms with Crippen LogP contribution in [0.2, 0.25) is 0 Å². The molecular formula is C20H31N3O4. The van der Waals surface area contributed by atoms with E-state index in [1.807, 2.05) is 18.0 Å². The first kappa shape index (κ1) is 21.0. The van der Waals surface area contributed by atoms with Gasteiger partial charge in [0.25, 0.3) is 5.91 Å². The highest BCUT2D eigenvalue weighted by Gasteiger charge is 2.29. The Morgan fingerprint density at radius 1 is 1.30 bits per heavy atom. The van der Waals surface area contributed by atoms with Crippen molar-refractivity contribution in [2.75, 3.05) is 46.2 Å². The predicted octanol–water partition coefficient (Wildman–Crippen LogP) is 1.60. The van der Waals surface area contributed by atoms with Gasteiger partial charge in [0.1, 0.15) is 12.4 Å². The molecule has 0 aliphatic carbocycles. The molecule has 0 saturated carbocycles. The molecule has 1 aliphatic heterocycles. The molecule has 1 aliphatic rings. The van der Waals surface area contributed by atoms with Crippen molar-refractivity contribution >= 4 is 17.5 Å². The molecule has 1 aromatic carbocycles. The minimum absolute atomic E-state index is 0.00340. The van der Waals surface area contributed by atoms with Crippen LogP contribution in [0, 0.1) is 0 Å². The molecule has 7 nitrogen and oxygen atoms in total. The first-order valence-electron chi connectivity index (χ1n) is 9.17. The third-order valence-corrected chi connectivity index (χ3v) is 4.87. The summed E-state index contributed by atoms with van der Waals surface area (Å²) >= 11 is 0. The Kier molecular flexibility index (Phi) is 6.36. The Hall–Kier alpha value is -2.28. The van der Waals surface area contributed by atoms with E-state index < -0.39 is 5.60 Å². The number of carbonyl (C=O) groups is 2. The van der Waals surface area contributed by atoms with E-state index in [4.69, 9.17) is 4.74 Å². The summed E-state index contributed by atoms with van der Waals surface area (Å²) in [5.74, 6) is 0.645. The molecule has 150 valence electrons. The molecule has 2 amide bonds. The molecule has 0 aromatic heterocycles. The van der Waals surface area contributed by atoms with Gasteiger partial charge in [0, 0.05) is 40.3 Å². The topological polar surface area (TPSA) is 73.3 Å². The van der Waals surface area contributed by atoms with Gasteiger partial charge in [0.2, 0.25) is 5.91 Å². The van der Waals surface area contributed by atoms with Gasteiger partial charge in [-0.05, 0) is 38.5 Å². The van der Waals surface area contributed by atoms with Crippen LogP contribution in [0.25, 0.3) is 0 Å². The molecule has 0 bridgehead atoms. The molecule has 0 saturated heterocycles. The van der Waals surface area contributed by atoms with Crippen LogP contribution < -0.4 is 9.64 Å². The van der Waals surface area contributed by atoms with Crippen molar-refractivity contribution in [3.8, 4) is 5.75 Å². The van der Waals surface area contributed by atoms with E-state index >= 15 is 0 Å². The van der Waals surface area contributed by atoms with Crippen molar-refractivity contribution in [3.05, 3.63) is 23.8 Å². The van der Waals surface area contributed by atoms with E-state index in [0.717, 1.165) is 5.69 Å². The second-order valence-corrected chi connectivity index (χ2v) is 8.04. The van der Waals surface area contributed by atoms with Crippen LogP contribution in [0.15, 0.2) is 18.2 Å². The van der Waals surface area contributed by atoms with Crippen LogP contribution in [-0.4, -0.2) is 79.7 Å². The van der Waals surface area contributed by atoms with Crippen molar-refractivity contribution in [2.24, 2.45) is 0 Å². The summed E-state index contributed by atoms with van der Waals surface area (Å²) in [4.78, 5) is 30.0. The minimum Gasteiger partial charge on any atom is -0.489 e. The molecule has 1 N–H and O–H groups in total. The maximum Gasteiger partial charge on any atom is 0.253 e. The number of amides is 2. The number of aliphatic hydroxyl groups is 1. The number of nitrogens with zero attached hydrogens (tertiary/aromatic N) is 3. The quantitative estimate of drug-likeness (QED) is 0.815. The number of benzene rings is 1. The fraction of sp³-hybridized carbons (Fsp3) is 0.600. The number of hydrogen-bond donors (Lipinski definition) is 1. The van der Waals surface area contributed by atoms with Gasteiger partial charge in [0.15, 0.2) is 0 Å². The Labute approximate surface area is 161 Å². The molecular weight excluding hydrogens is 346 g/mol. The number of fused-ring (bicyclic) bond motifs is 1. The summed E-state index contributed by atoms with van der Waals surface area (Å²) in [5, 5.41) is 9.83. The normalized spacial score (nSPS) is 16.4. The van der Waals surface area contributed by atoms with Crippen LogP contribution in [0.5, 0.6) is 5.75 Å². The summed E-state index contributed by atoms with van der Waals surface area (Å²) in [7, 11) is 7.10. The maximum atomic E-state index is 12.6. The van der Waals surface area contributed by atoms with Gasteiger partial charge in [-0.25, -0.2) is 0 Å². The van der Waals surface area contributed by atoms with Gasteiger partial charge < -0.3 is 24.5 Å². The lowest BCUT2D eigenvalue weighted by Gasteiger charge is -2.36. The Morgan fingerprint density at radius 3 is 2.56 bits per heavy atom. The van der Waals surface area contributed by atoms with Gasteiger partial charge in [-0.2, -0.15) is 0 Å². The number of hydrogen-bond acceptors (Lipinski definition) is 5. The van der Waals surface area contributed by atoms with Crippen LogP contribution in [0.1, 0.15) is 37.0 Å². The Morgan fingerprint density at radius 2 is 1.96 bits per heavy atom. The van der Waals surface area contributed by atoms with Crippen molar-refractivity contribution in [3.63, 3.8) is 0 Å². The molecule has 0 spiro atoms. The zero-order chi connectivity index (χ0) is 20.4. The Bertz CT molecular complexity index is 697. The lowest BCUT2D eigenvalue weighted by Crippen LogP contribution is -2.44. The first-order valence-corrected chi connectivity index (χ1v) is 9.17. The second-order valence-electron chi connectivity index (χ2n) is 8.04. The average Bonchev–Trinajstić information content (AvgIpc) is 2.60. The van der Waals surface area contributed by atoms with Gasteiger partial charge in [-0.3, -0.25) is 9.59 Å². The van der Waals surface area contributed by atoms with Crippen molar-refractivity contribution in [1.29, 1.82) is 0 Å². The Balaban J connectivity index is 2.07. The van der Waals surface area contributed by atoms with Gasteiger partial charge >= 0.3 is 0 Å². The molecule has 0 unspecified atom stereocenters. The molecule has 1 aromatic rings. The molecule has 0 fully saturated rings. The van der Waals surface area contributed by atoms with E-state index in [1.165, 1.54) is 4.90 Å². The standard InChI is InChI=1S/C20H31N3O4/c1-20(2,26)9-10-22(5)18(24)12-15-13-27-17-8-7-14(19(25)21(3)4)11-16(17)23(15)6/h7-8,11,15,26H,9-10,12-13H2,1-6H3/t15-/m0/s1. The first-order chi connectivity index (χ1) is 12.5. The van der Waals surface area contributed by atoms with Gasteiger partial charge in [-0.15, -0.1) is 0 Å². The number of ether oxygens (including phenoxy) is 1. The van der Waals surface area contributed by atoms with Crippen LogP contribution in [0.4, 0.5) is 5.69 Å². The molecule has 7 heteroatoms. The van der Waals surface area contributed by atoms with E-state index in [2.05, 4.69) is 0 Å². The fourth-order valence-corrected chi connectivity index (χ4v) is 2.92. The molecule has 2 rings (SSSR count). The smallest absolute Gasteiger partial charge is 0.253 e. The minimum atomic E-state index is -0.798. The highest BCUT2D eigenvalue weighted by atomic mass is 16.5. The molecule has 1 atom stereocenters. The summed E-state index contributed by atoms with van der Waals surface area (Å²) < 4.78 is 5.82. The fourth-order valence-electron chi connectivity index (χ4n) is 2.92. The molecule has 1 heterocycles. The van der Waals surface area contributed by atoms with E-state index in [1.54, 1.807) is 52.0 Å². The lowest BCUT2D eigenvalue weighted by atomic mass is 10.0. The van der Waals surface area contributed by atoms with Gasteiger partial charge in [0.05, 0.1) is 23.8 Å². The monoisotopic (exact) mass is 377 g/mol. The third-order valence-electron chi connectivity index (χ3n) is 4.87. The number of anilines is 1. The van der Waals surface area contributed by atoms with E-state index in [9.17, 15) is 14.7 Å². The second kappa shape index (κ2) is 8.17. The zero-order valence-corrected chi connectivity index (χ0v) is 17.2. The van der Waals surface area contributed by atoms with E-state index in [0.29, 0.717) is 37.3 Å². The zero-order valence-electron chi connectivity index (χ0n) is 17.2. The van der Waals surface area contributed by atoms with E-state index in [-0.39, 0.29) is 17.9 Å². The summed E-state index contributed by atoms with van der Waals surface area (Å²) in [6.45, 7) is 4.38. The number of carbonyl (C=O) groups excluding carboxylic acids is 2. The summed E-state index contributed by atoms with van der Waals surface area (Å²) in [5.41, 5.74) is 0.600. The van der Waals surface area contributed by atoms with Crippen LogP contribution in [0.3, 0.4) is 0 Å². The predicted molar refractivity (Wildman–Crippen MR) is 105 cm³/mol. The largest absolute Gasteiger partial charge is 0.489 e. The van der Waals surface area contributed by atoms with Crippen molar-refractivity contribution < 1.29 is 19.4 Å². The third kappa shape index (κ3) is 5.35. The highest BCUT2D eigenvalue weighted by Crippen LogP contribution is 2.34. The molecule has 0 radical (unpaired) electrons. The van der Waals surface area contributed by atoms with Crippen molar-refractivity contribution in [2.45, 2.75) is 38.3 Å². The summed E-state index contributed by atoms with van der Waals surface area (Å²) in [6.07, 6.45) is 0.829.